The Labute approximate surface area is 163 Å². The van der Waals surface area contributed by atoms with Gasteiger partial charge in [0, 0.05) is 20.2 Å². The number of esters is 1. The van der Waals surface area contributed by atoms with Gasteiger partial charge in [0.15, 0.2) is 5.96 Å². The van der Waals surface area contributed by atoms with Gasteiger partial charge in [-0.2, -0.15) is 0 Å². The van der Waals surface area contributed by atoms with Crippen molar-refractivity contribution in [3.8, 4) is 0 Å². The molecule has 0 aliphatic heterocycles. The summed E-state index contributed by atoms with van der Waals surface area (Å²) in [6.07, 6.45) is 0. The van der Waals surface area contributed by atoms with Gasteiger partial charge in [0.2, 0.25) is 5.91 Å². The summed E-state index contributed by atoms with van der Waals surface area (Å²) >= 11 is 1.29. The number of carbonyl (C=O) groups is 2. The fourth-order valence-electron chi connectivity index (χ4n) is 2.07. The van der Waals surface area contributed by atoms with Gasteiger partial charge in [0.25, 0.3) is 0 Å². The van der Waals surface area contributed by atoms with Crippen LogP contribution in [0.5, 0.6) is 0 Å². The average Bonchev–Trinajstić information content (AvgIpc) is 3.02. The van der Waals surface area contributed by atoms with E-state index >= 15 is 0 Å². The summed E-state index contributed by atoms with van der Waals surface area (Å²) in [6, 6.07) is -0.189. The largest absolute Gasteiger partial charge is 0.462 e. The fourth-order valence-corrected chi connectivity index (χ4v) is 3.04. The third-order valence-electron chi connectivity index (χ3n) is 3.35. The highest BCUT2D eigenvalue weighted by Gasteiger charge is 2.20. The predicted molar refractivity (Wildman–Crippen MR) is 105 cm³/mol. The lowest BCUT2D eigenvalue weighted by atomic mass is 10.3. The summed E-state index contributed by atoms with van der Waals surface area (Å²) in [5.74, 6) is -0.0525. The number of aryl methyl sites for hydroxylation is 1. The Morgan fingerprint density at radius 1 is 1.30 bits per heavy atom. The van der Waals surface area contributed by atoms with Crippen molar-refractivity contribution in [2.24, 2.45) is 4.99 Å². The molecule has 0 aliphatic rings. The molecule has 1 rings (SSSR count). The molecule has 0 spiro atoms. The van der Waals surface area contributed by atoms with Gasteiger partial charge in [-0.15, -0.1) is 11.3 Å². The summed E-state index contributed by atoms with van der Waals surface area (Å²) in [4.78, 5) is 33.0. The van der Waals surface area contributed by atoms with Crippen LogP contribution in [0.25, 0.3) is 0 Å². The van der Waals surface area contributed by atoms with Crippen molar-refractivity contribution < 1.29 is 19.1 Å². The van der Waals surface area contributed by atoms with Crippen molar-refractivity contribution in [1.29, 1.82) is 0 Å². The Morgan fingerprint density at radius 3 is 2.67 bits per heavy atom. The molecule has 9 nitrogen and oxygen atoms in total. The lowest BCUT2D eigenvalue weighted by Crippen LogP contribution is -2.40. The molecule has 0 radical (unpaired) electrons. The van der Waals surface area contributed by atoms with Crippen LogP contribution in [0.2, 0.25) is 0 Å². The van der Waals surface area contributed by atoms with Gasteiger partial charge in [-0.25, -0.2) is 14.8 Å². The molecule has 1 aromatic rings. The zero-order valence-electron chi connectivity index (χ0n) is 16.5. The minimum absolute atomic E-state index is 0.00323. The van der Waals surface area contributed by atoms with Gasteiger partial charge in [0.1, 0.15) is 16.4 Å². The predicted octanol–water partition coefficient (Wildman–Crippen LogP) is 1.01. The molecule has 1 aromatic heterocycles. The monoisotopic (exact) mass is 399 g/mol. The van der Waals surface area contributed by atoms with Crippen LogP contribution in [0, 0.1) is 6.92 Å². The number of rotatable bonds is 10. The van der Waals surface area contributed by atoms with Crippen LogP contribution in [0.3, 0.4) is 0 Å². The lowest BCUT2D eigenvalue weighted by Gasteiger charge is -2.16. The van der Waals surface area contributed by atoms with Gasteiger partial charge >= 0.3 is 5.97 Å². The molecule has 1 atom stereocenters. The molecule has 0 bridgehead atoms. The van der Waals surface area contributed by atoms with E-state index in [0.717, 1.165) is 5.01 Å². The van der Waals surface area contributed by atoms with E-state index in [1.807, 2.05) is 13.8 Å². The molecule has 0 saturated heterocycles. The lowest BCUT2D eigenvalue weighted by molar-refractivity contribution is -0.119. The summed E-state index contributed by atoms with van der Waals surface area (Å²) in [7, 11) is 1.58. The van der Waals surface area contributed by atoms with Crippen molar-refractivity contribution in [3.63, 3.8) is 0 Å². The highest BCUT2D eigenvalue weighted by molar-refractivity contribution is 7.13. The maximum atomic E-state index is 12.0. The number of nitrogens with one attached hydrogen (secondary N) is 3. The van der Waals surface area contributed by atoms with Gasteiger partial charge in [0.05, 0.1) is 24.9 Å². The molecule has 0 fully saturated rings. The van der Waals surface area contributed by atoms with Crippen LogP contribution >= 0.6 is 11.3 Å². The summed E-state index contributed by atoms with van der Waals surface area (Å²) in [5.41, 5.74) is 0.640. The molecular weight excluding hydrogens is 370 g/mol. The number of guanidine groups is 1. The summed E-state index contributed by atoms with van der Waals surface area (Å²) < 4.78 is 9.94. The first-order chi connectivity index (χ1) is 12.9. The smallest absolute Gasteiger partial charge is 0.350 e. The van der Waals surface area contributed by atoms with Crippen LogP contribution in [-0.2, 0) is 14.3 Å². The number of hydrogen-bond acceptors (Lipinski definition) is 7. The molecule has 3 N–H and O–H groups in total. The SMILES string of the molecule is CCNC(=NCC(=O)NCCOC)NC(C)c1nc(C)c(C(=O)OCC)s1. The van der Waals surface area contributed by atoms with Gasteiger partial charge < -0.3 is 25.4 Å². The van der Waals surface area contributed by atoms with E-state index in [9.17, 15) is 9.59 Å². The number of hydrogen-bond donors (Lipinski definition) is 3. The van der Waals surface area contributed by atoms with Crippen molar-refractivity contribution in [2.45, 2.75) is 33.7 Å². The van der Waals surface area contributed by atoms with Crippen molar-refractivity contribution in [2.75, 3.05) is 40.0 Å². The number of nitrogens with zero attached hydrogens (tertiary/aromatic N) is 2. The molecule has 1 heterocycles. The van der Waals surface area contributed by atoms with E-state index in [1.54, 1.807) is 21.0 Å². The Morgan fingerprint density at radius 2 is 2.04 bits per heavy atom. The molecule has 0 aliphatic carbocycles. The number of aliphatic imine (C=N–C) groups is 1. The van der Waals surface area contributed by atoms with E-state index in [1.165, 1.54) is 11.3 Å². The number of methoxy groups -OCH3 is 1. The van der Waals surface area contributed by atoms with Crippen molar-refractivity contribution in [3.05, 3.63) is 15.6 Å². The fraction of sp³-hybridized carbons (Fsp3) is 0.647. The number of carbonyl (C=O) groups excluding carboxylic acids is 2. The first-order valence-corrected chi connectivity index (χ1v) is 9.69. The van der Waals surface area contributed by atoms with Crippen molar-refractivity contribution in [1.82, 2.24) is 20.9 Å². The average molecular weight is 400 g/mol. The maximum absolute atomic E-state index is 12.0. The Bertz CT molecular complexity index is 647. The second-order valence-electron chi connectivity index (χ2n) is 5.59. The third kappa shape index (κ3) is 7.92. The molecule has 27 heavy (non-hydrogen) atoms. The molecule has 152 valence electrons. The van der Waals surface area contributed by atoms with E-state index in [2.05, 4.69) is 25.9 Å². The van der Waals surface area contributed by atoms with Gasteiger partial charge in [-0.05, 0) is 27.7 Å². The third-order valence-corrected chi connectivity index (χ3v) is 4.67. The highest BCUT2D eigenvalue weighted by atomic mass is 32.1. The van der Waals surface area contributed by atoms with Gasteiger partial charge in [-0.3, -0.25) is 4.79 Å². The molecule has 1 amide bonds. The van der Waals surface area contributed by atoms with E-state index < -0.39 is 0 Å². The van der Waals surface area contributed by atoms with Crippen LogP contribution < -0.4 is 16.0 Å². The van der Waals surface area contributed by atoms with Crippen LogP contribution in [-0.4, -0.2) is 62.8 Å². The topological polar surface area (TPSA) is 114 Å². The van der Waals surface area contributed by atoms with Crippen LogP contribution in [0.1, 0.15) is 47.2 Å². The molecule has 1 unspecified atom stereocenters. The Hall–Kier alpha value is -2.20. The van der Waals surface area contributed by atoms with Crippen LogP contribution in [0.15, 0.2) is 4.99 Å². The Balaban J connectivity index is 2.73. The van der Waals surface area contributed by atoms with E-state index in [0.29, 0.717) is 42.8 Å². The maximum Gasteiger partial charge on any atom is 0.350 e. The normalized spacial score (nSPS) is 12.4. The summed E-state index contributed by atoms with van der Waals surface area (Å²) in [6.45, 7) is 9.27. The number of amides is 1. The minimum Gasteiger partial charge on any atom is -0.462 e. The first-order valence-electron chi connectivity index (χ1n) is 8.87. The Kier molecular flexibility index (Phi) is 10.3. The number of ether oxygens (including phenoxy) is 2. The number of thiazole rings is 1. The quantitative estimate of drug-likeness (QED) is 0.233. The number of aromatic nitrogens is 1. The van der Waals surface area contributed by atoms with Gasteiger partial charge in [-0.1, -0.05) is 0 Å². The molecule has 10 heteroatoms. The zero-order chi connectivity index (χ0) is 20.2. The van der Waals surface area contributed by atoms with E-state index in [-0.39, 0.29) is 24.5 Å². The second kappa shape index (κ2) is 12.2. The van der Waals surface area contributed by atoms with Crippen molar-refractivity contribution >= 4 is 29.2 Å². The molecule has 0 saturated carbocycles. The first kappa shape index (κ1) is 22.8. The van der Waals surface area contributed by atoms with E-state index in [4.69, 9.17) is 9.47 Å². The molecular formula is C17H29N5O4S. The zero-order valence-corrected chi connectivity index (χ0v) is 17.4. The van der Waals surface area contributed by atoms with Crippen LogP contribution in [0.4, 0.5) is 0 Å². The highest BCUT2D eigenvalue weighted by Crippen LogP contribution is 2.24. The minimum atomic E-state index is -0.362. The molecule has 0 aromatic carbocycles. The summed E-state index contributed by atoms with van der Waals surface area (Å²) in [5, 5.41) is 9.74. The standard InChI is InChI=1S/C17H29N5O4S/c1-6-18-17(20-10-13(23)19-8-9-25-5)22-12(4)15-21-11(3)14(27-15)16(24)26-7-2/h12H,6-10H2,1-5H3,(H,19,23)(H2,18,20,22). The second-order valence-corrected chi connectivity index (χ2v) is 6.62.